The predicted octanol–water partition coefficient (Wildman–Crippen LogP) is 2.31. The molecule has 0 atom stereocenters. The molecule has 2 saturated heterocycles. The van der Waals surface area contributed by atoms with E-state index in [1.807, 2.05) is 64.7 Å². The summed E-state index contributed by atoms with van der Waals surface area (Å²) in [6, 6.07) is 11.8. The van der Waals surface area contributed by atoms with Crippen LogP contribution in [0.15, 0.2) is 36.4 Å². The quantitative estimate of drug-likeness (QED) is 0.795. The van der Waals surface area contributed by atoms with Crippen molar-refractivity contribution in [2.45, 2.75) is 45.3 Å². The number of nitrogens with zero attached hydrogens (tertiary/aromatic N) is 4. The van der Waals surface area contributed by atoms with E-state index in [1.54, 1.807) is 0 Å². The van der Waals surface area contributed by atoms with Gasteiger partial charge in [0.05, 0.1) is 17.8 Å². The van der Waals surface area contributed by atoms with Gasteiger partial charge in [0, 0.05) is 37.4 Å². The van der Waals surface area contributed by atoms with Crippen LogP contribution in [-0.4, -0.2) is 58.3 Å². The third-order valence-electron chi connectivity index (χ3n) is 5.99. The predicted molar refractivity (Wildman–Crippen MR) is 110 cm³/mol. The molecule has 29 heavy (non-hydrogen) atoms. The molecule has 4 rings (SSSR count). The summed E-state index contributed by atoms with van der Waals surface area (Å²) >= 11 is 0. The maximum absolute atomic E-state index is 12.7. The van der Waals surface area contributed by atoms with Crippen LogP contribution in [0, 0.1) is 13.8 Å². The zero-order chi connectivity index (χ0) is 20.4. The minimum atomic E-state index is -0.365. The van der Waals surface area contributed by atoms with E-state index in [0.717, 1.165) is 29.9 Å². The molecule has 2 aromatic rings. The molecular formula is C22H28N4O3. The number of carbonyl (C=O) groups excluding carboxylic acids is 2. The maximum atomic E-state index is 12.7. The monoisotopic (exact) mass is 396 g/mol. The summed E-state index contributed by atoms with van der Waals surface area (Å²) < 4.78 is 7.90. The van der Waals surface area contributed by atoms with Gasteiger partial charge in [-0.15, -0.1) is 0 Å². The van der Waals surface area contributed by atoms with Crippen LogP contribution in [0.5, 0.6) is 0 Å². The molecule has 3 heterocycles. The van der Waals surface area contributed by atoms with E-state index in [0.29, 0.717) is 32.6 Å². The van der Waals surface area contributed by atoms with Gasteiger partial charge in [-0.25, -0.2) is 0 Å². The molecule has 0 bridgehead atoms. The van der Waals surface area contributed by atoms with Crippen molar-refractivity contribution in [3.8, 4) is 0 Å². The van der Waals surface area contributed by atoms with Crippen LogP contribution in [-0.2, 0) is 20.9 Å². The van der Waals surface area contributed by atoms with Crippen molar-refractivity contribution in [2.24, 2.45) is 0 Å². The number of anilines is 1. The Labute approximate surface area is 171 Å². The van der Waals surface area contributed by atoms with Crippen molar-refractivity contribution in [1.82, 2.24) is 14.7 Å². The molecule has 0 saturated carbocycles. The Bertz CT molecular complexity index is 885. The number of hydrogen-bond donors (Lipinski definition) is 0. The van der Waals surface area contributed by atoms with E-state index in [9.17, 15) is 9.59 Å². The molecule has 0 unspecified atom stereocenters. The van der Waals surface area contributed by atoms with Crippen molar-refractivity contribution >= 4 is 17.5 Å². The third kappa shape index (κ3) is 4.19. The van der Waals surface area contributed by atoms with Gasteiger partial charge in [0.2, 0.25) is 5.91 Å². The number of para-hydroxylation sites is 1. The Morgan fingerprint density at radius 1 is 1.17 bits per heavy atom. The minimum Gasteiger partial charge on any atom is -0.363 e. The van der Waals surface area contributed by atoms with Crippen LogP contribution in [0.4, 0.5) is 5.69 Å². The first-order valence-electron chi connectivity index (χ1n) is 10.2. The van der Waals surface area contributed by atoms with Gasteiger partial charge in [-0.1, -0.05) is 18.2 Å². The van der Waals surface area contributed by atoms with Crippen LogP contribution in [0.25, 0.3) is 0 Å². The summed E-state index contributed by atoms with van der Waals surface area (Å²) in [5.74, 6) is 0.143. The molecule has 2 aliphatic heterocycles. The number of aryl methyl sites for hydroxylation is 3. The van der Waals surface area contributed by atoms with E-state index in [-0.39, 0.29) is 24.0 Å². The van der Waals surface area contributed by atoms with Gasteiger partial charge >= 0.3 is 0 Å². The molecule has 2 amide bonds. The summed E-state index contributed by atoms with van der Waals surface area (Å²) in [7, 11) is 0. The molecule has 0 radical (unpaired) electrons. The fourth-order valence-corrected chi connectivity index (χ4v) is 4.28. The Morgan fingerprint density at radius 3 is 2.55 bits per heavy atom. The highest BCUT2D eigenvalue weighted by Crippen LogP contribution is 2.32. The standard InChI is InChI=1S/C22H28N4O3/c1-17-14-18(2)26(23-17)11-8-20(27)24-12-9-22(10-13-24)16-25(21(28)15-29-22)19-6-4-3-5-7-19/h3-7,14H,8-13,15-16H2,1-2H3. The number of ether oxygens (including phenoxy) is 1. The van der Waals surface area contributed by atoms with Gasteiger partial charge in [0.25, 0.3) is 5.91 Å². The zero-order valence-corrected chi connectivity index (χ0v) is 17.1. The molecule has 0 aliphatic carbocycles. The summed E-state index contributed by atoms with van der Waals surface area (Å²) in [5.41, 5.74) is 2.59. The number of hydrogen-bond acceptors (Lipinski definition) is 4. The molecule has 154 valence electrons. The minimum absolute atomic E-state index is 0.00906. The second-order valence-corrected chi connectivity index (χ2v) is 8.07. The van der Waals surface area contributed by atoms with E-state index >= 15 is 0 Å². The number of amides is 2. The van der Waals surface area contributed by atoms with Crippen LogP contribution in [0.1, 0.15) is 30.7 Å². The van der Waals surface area contributed by atoms with Crippen molar-refractivity contribution in [2.75, 3.05) is 31.1 Å². The van der Waals surface area contributed by atoms with Crippen LogP contribution in [0.3, 0.4) is 0 Å². The van der Waals surface area contributed by atoms with Crippen LogP contribution in [0.2, 0.25) is 0 Å². The number of likely N-dealkylation sites (tertiary alicyclic amines) is 1. The van der Waals surface area contributed by atoms with E-state index < -0.39 is 0 Å². The third-order valence-corrected chi connectivity index (χ3v) is 5.99. The normalized spacial score (nSPS) is 19.0. The molecule has 7 nitrogen and oxygen atoms in total. The van der Waals surface area contributed by atoms with Gasteiger partial charge < -0.3 is 14.5 Å². The number of piperidine rings is 1. The number of rotatable bonds is 4. The summed E-state index contributed by atoms with van der Waals surface area (Å²) in [4.78, 5) is 28.8. The summed E-state index contributed by atoms with van der Waals surface area (Å²) in [6.45, 7) is 6.54. The maximum Gasteiger partial charge on any atom is 0.253 e. The van der Waals surface area contributed by atoms with Gasteiger partial charge in [-0.3, -0.25) is 14.3 Å². The first kappa shape index (κ1) is 19.6. The fraction of sp³-hybridized carbons (Fsp3) is 0.500. The topological polar surface area (TPSA) is 67.7 Å². The zero-order valence-electron chi connectivity index (χ0n) is 17.1. The van der Waals surface area contributed by atoms with E-state index in [1.165, 1.54) is 0 Å². The van der Waals surface area contributed by atoms with Crippen molar-refractivity contribution < 1.29 is 14.3 Å². The van der Waals surface area contributed by atoms with Crippen molar-refractivity contribution in [3.05, 3.63) is 47.8 Å². The highest BCUT2D eigenvalue weighted by molar-refractivity contribution is 5.95. The lowest BCUT2D eigenvalue weighted by Gasteiger charge is -2.47. The second-order valence-electron chi connectivity index (χ2n) is 8.07. The Balaban J connectivity index is 1.34. The molecule has 0 N–H and O–H groups in total. The van der Waals surface area contributed by atoms with Crippen molar-refractivity contribution in [3.63, 3.8) is 0 Å². The number of aromatic nitrogens is 2. The summed E-state index contributed by atoms with van der Waals surface area (Å²) in [5, 5.41) is 4.43. The molecule has 7 heteroatoms. The molecule has 2 aliphatic rings. The molecular weight excluding hydrogens is 368 g/mol. The number of morpholine rings is 1. The number of benzene rings is 1. The number of carbonyl (C=O) groups is 2. The average molecular weight is 396 g/mol. The van der Waals surface area contributed by atoms with Gasteiger partial charge in [0.1, 0.15) is 6.61 Å². The largest absolute Gasteiger partial charge is 0.363 e. The first-order chi connectivity index (χ1) is 14.0. The van der Waals surface area contributed by atoms with E-state index in [2.05, 4.69) is 5.10 Å². The van der Waals surface area contributed by atoms with Crippen molar-refractivity contribution in [1.29, 1.82) is 0 Å². The molecule has 1 aromatic heterocycles. The highest BCUT2D eigenvalue weighted by Gasteiger charge is 2.43. The second kappa shape index (κ2) is 7.99. The van der Waals surface area contributed by atoms with Gasteiger partial charge in [-0.05, 0) is 44.9 Å². The Hall–Kier alpha value is -2.67. The first-order valence-corrected chi connectivity index (χ1v) is 10.2. The van der Waals surface area contributed by atoms with E-state index in [4.69, 9.17) is 4.74 Å². The lowest BCUT2D eigenvalue weighted by atomic mass is 9.89. The smallest absolute Gasteiger partial charge is 0.253 e. The lowest BCUT2D eigenvalue weighted by Crippen LogP contribution is -2.59. The Kier molecular flexibility index (Phi) is 5.41. The lowest BCUT2D eigenvalue weighted by molar-refractivity contribution is -0.150. The highest BCUT2D eigenvalue weighted by atomic mass is 16.5. The molecule has 2 fully saturated rings. The average Bonchev–Trinajstić information content (AvgIpc) is 3.06. The van der Waals surface area contributed by atoms with Gasteiger partial charge in [0.15, 0.2) is 0 Å². The van der Waals surface area contributed by atoms with Gasteiger partial charge in [-0.2, -0.15) is 5.10 Å². The molecule has 1 aromatic carbocycles. The molecule has 1 spiro atoms. The fourth-order valence-electron chi connectivity index (χ4n) is 4.28. The van der Waals surface area contributed by atoms with Crippen LogP contribution >= 0.6 is 0 Å². The SMILES string of the molecule is Cc1cc(C)n(CCC(=O)N2CCC3(CC2)CN(c2ccccc2)C(=O)CO3)n1. The summed E-state index contributed by atoms with van der Waals surface area (Å²) in [6.07, 6.45) is 1.94. The van der Waals surface area contributed by atoms with Crippen LogP contribution < -0.4 is 4.90 Å². The Morgan fingerprint density at radius 2 is 1.90 bits per heavy atom.